The highest BCUT2D eigenvalue weighted by Crippen LogP contribution is 2.18. The van der Waals surface area contributed by atoms with Crippen LogP contribution in [0, 0.1) is 0 Å². The number of aromatic nitrogens is 2. The van der Waals surface area contributed by atoms with Gasteiger partial charge in [-0.2, -0.15) is 0 Å². The lowest BCUT2D eigenvalue weighted by molar-refractivity contribution is 0.0830. The van der Waals surface area contributed by atoms with Gasteiger partial charge in [0, 0.05) is 31.2 Å². The van der Waals surface area contributed by atoms with Gasteiger partial charge in [0.25, 0.3) is 0 Å². The van der Waals surface area contributed by atoms with Gasteiger partial charge in [0.1, 0.15) is 0 Å². The molecule has 15 heavy (non-hydrogen) atoms. The zero-order valence-electron chi connectivity index (χ0n) is 8.84. The van der Waals surface area contributed by atoms with Gasteiger partial charge in [0.15, 0.2) is 0 Å². The van der Waals surface area contributed by atoms with Crippen molar-refractivity contribution in [2.45, 2.75) is 31.8 Å². The van der Waals surface area contributed by atoms with E-state index >= 15 is 0 Å². The molecule has 1 saturated heterocycles. The standard InChI is InChI=1S/C11H17N3O/c15-9-11-3-1-2-6-14(11)8-10-7-12-4-5-13-10/h4-5,7,11,15H,1-3,6,8-9H2/t11-/m0/s1. The van der Waals surface area contributed by atoms with Gasteiger partial charge in [-0.05, 0) is 19.4 Å². The van der Waals surface area contributed by atoms with Crippen molar-refractivity contribution in [1.29, 1.82) is 0 Å². The second-order valence-corrected chi connectivity index (χ2v) is 4.00. The maximum atomic E-state index is 9.26. The van der Waals surface area contributed by atoms with Gasteiger partial charge in [-0.1, -0.05) is 6.42 Å². The molecule has 4 nitrogen and oxygen atoms in total. The zero-order chi connectivity index (χ0) is 10.5. The molecule has 2 rings (SSSR count). The van der Waals surface area contributed by atoms with Crippen molar-refractivity contribution >= 4 is 0 Å². The first-order valence-corrected chi connectivity index (χ1v) is 5.50. The molecule has 0 radical (unpaired) electrons. The fourth-order valence-corrected chi connectivity index (χ4v) is 2.09. The van der Waals surface area contributed by atoms with Gasteiger partial charge < -0.3 is 5.11 Å². The largest absolute Gasteiger partial charge is 0.395 e. The van der Waals surface area contributed by atoms with Crippen molar-refractivity contribution in [1.82, 2.24) is 14.9 Å². The Balaban J connectivity index is 1.97. The number of hydrogen-bond acceptors (Lipinski definition) is 4. The molecule has 1 aliphatic rings. The summed E-state index contributed by atoms with van der Waals surface area (Å²) < 4.78 is 0. The molecule has 1 N–H and O–H groups in total. The second-order valence-electron chi connectivity index (χ2n) is 4.00. The third-order valence-corrected chi connectivity index (χ3v) is 2.94. The van der Waals surface area contributed by atoms with Crippen molar-refractivity contribution in [2.75, 3.05) is 13.2 Å². The van der Waals surface area contributed by atoms with Crippen LogP contribution >= 0.6 is 0 Å². The summed E-state index contributed by atoms with van der Waals surface area (Å²) in [6.07, 6.45) is 8.73. The molecule has 0 bridgehead atoms. The van der Waals surface area contributed by atoms with Crippen LogP contribution < -0.4 is 0 Å². The number of rotatable bonds is 3. The van der Waals surface area contributed by atoms with Crippen LogP contribution in [-0.2, 0) is 6.54 Å². The number of piperidine rings is 1. The normalized spacial score (nSPS) is 22.9. The summed E-state index contributed by atoms with van der Waals surface area (Å²) in [5.41, 5.74) is 0.984. The van der Waals surface area contributed by atoms with E-state index in [0.29, 0.717) is 6.04 Å². The number of hydrogen-bond donors (Lipinski definition) is 1. The average molecular weight is 207 g/mol. The summed E-state index contributed by atoms with van der Waals surface area (Å²) >= 11 is 0. The average Bonchev–Trinajstić information content (AvgIpc) is 2.31. The predicted molar refractivity (Wildman–Crippen MR) is 57.2 cm³/mol. The minimum absolute atomic E-state index is 0.250. The monoisotopic (exact) mass is 207 g/mol. The van der Waals surface area contributed by atoms with Gasteiger partial charge >= 0.3 is 0 Å². The topological polar surface area (TPSA) is 49.2 Å². The van der Waals surface area contributed by atoms with Crippen molar-refractivity contribution < 1.29 is 5.11 Å². The summed E-state index contributed by atoms with van der Waals surface area (Å²) in [5, 5.41) is 9.26. The number of aliphatic hydroxyl groups is 1. The van der Waals surface area contributed by atoms with Gasteiger partial charge in [0.05, 0.1) is 12.3 Å². The molecule has 1 atom stereocenters. The van der Waals surface area contributed by atoms with E-state index in [2.05, 4.69) is 14.9 Å². The minimum atomic E-state index is 0.250. The number of nitrogens with zero attached hydrogens (tertiary/aromatic N) is 3. The highest BCUT2D eigenvalue weighted by Gasteiger charge is 2.21. The Morgan fingerprint density at radius 2 is 2.33 bits per heavy atom. The van der Waals surface area contributed by atoms with Crippen LogP contribution in [0.15, 0.2) is 18.6 Å². The van der Waals surface area contributed by atoms with Gasteiger partial charge in [-0.15, -0.1) is 0 Å². The Hall–Kier alpha value is -1.00. The first kappa shape index (κ1) is 10.5. The first-order valence-electron chi connectivity index (χ1n) is 5.50. The minimum Gasteiger partial charge on any atom is -0.395 e. The molecule has 2 heterocycles. The lowest BCUT2D eigenvalue weighted by Crippen LogP contribution is -2.41. The highest BCUT2D eigenvalue weighted by atomic mass is 16.3. The number of aliphatic hydroxyl groups excluding tert-OH is 1. The fourth-order valence-electron chi connectivity index (χ4n) is 2.09. The molecule has 1 aliphatic heterocycles. The molecule has 0 saturated carbocycles. The van der Waals surface area contributed by atoms with Crippen LogP contribution in [-0.4, -0.2) is 39.2 Å². The van der Waals surface area contributed by atoms with E-state index in [0.717, 1.165) is 25.2 Å². The van der Waals surface area contributed by atoms with E-state index in [1.165, 1.54) is 12.8 Å². The second kappa shape index (κ2) is 5.19. The van der Waals surface area contributed by atoms with Crippen molar-refractivity contribution in [3.63, 3.8) is 0 Å². The smallest absolute Gasteiger partial charge is 0.0726 e. The molecule has 1 fully saturated rings. The molecular weight excluding hydrogens is 190 g/mol. The lowest BCUT2D eigenvalue weighted by Gasteiger charge is -2.34. The Morgan fingerprint density at radius 3 is 3.07 bits per heavy atom. The van der Waals surface area contributed by atoms with Crippen LogP contribution in [0.25, 0.3) is 0 Å². The van der Waals surface area contributed by atoms with Crippen LogP contribution in [0.4, 0.5) is 0 Å². The lowest BCUT2D eigenvalue weighted by atomic mass is 10.0. The molecule has 4 heteroatoms. The van der Waals surface area contributed by atoms with Crippen LogP contribution in [0.2, 0.25) is 0 Å². The van der Waals surface area contributed by atoms with E-state index in [4.69, 9.17) is 0 Å². The summed E-state index contributed by atoms with van der Waals surface area (Å²) in [4.78, 5) is 10.6. The molecule has 0 unspecified atom stereocenters. The van der Waals surface area contributed by atoms with E-state index in [1.807, 2.05) is 0 Å². The molecule has 1 aromatic heterocycles. The van der Waals surface area contributed by atoms with Crippen molar-refractivity contribution in [2.24, 2.45) is 0 Å². The zero-order valence-corrected chi connectivity index (χ0v) is 8.84. The van der Waals surface area contributed by atoms with Crippen LogP contribution in [0.5, 0.6) is 0 Å². The number of likely N-dealkylation sites (tertiary alicyclic amines) is 1. The molecule has 82 valence electrons. The van der Waals surface area contributed by atoms with Crippen molar-refractivity contribution in [3.8, 4) is 0 Å². The SMILES string of the molecule is OC[C@@H]1CCCCN1Cc1cnccn1. The fraction of sp³-hybridized carbons (Fsp3) is 0.636. The Labute approximate surface area is 90.0 Å². The Bertz CT molecular complexity index is 291. The maximum Gasteiger partial charge on any atom is 0.0726 e. The quantitative estimate of drug-likeness (QED) is 0.797. The van der Waals surface area contributed by atoms with E-state index in [-0.39, 0.29) is 6.61 Å². The molecular formula is C11H17N3O. The molecule has 1 aromatic rings. The van der Waals surface area contributed by atoms with Crippen LogP contribution in [0.3, 0.4) is 0 Å². The van der Waals surface area contributed by atoms with E-state index < -0.39 is 0 Å². The van der Waals surface area contributed by atoms with E-state index in [9.17, 15) is 5.11 Å². The van der Waals surface area contributed by atoms with Gasteiger partial charge in [-0.25, -0.2) is 0 Å². The highest BCUT2D eigenvalue weighted by molar-refractivity contribution is 4.95. The summed E-state index contributed by atoms with van der Waals surface area (Å²) in [7, 11) is 0. The molecule has 0 aromatic carbocycles. The third-order valence-electron chi connectivity index (χ3n) is 2.94. The van der Waals surface area contributed by atoms with Crippen LogP contribution in [0.1, 0.15) is 25.0 Å². The molecule has 0 aliphatic carbocycles. The predicted octanol–water partition coefficient (Wildman–Crippen LogP) is 0.823. The third kappa shape index (κ3) is 2.73. The summed E-state index contributed by atoms with van der Waals surface area (Å²) in [6, 6.07) is 0.306. The van der Waals surface area contributed by atoms with E-state index in [1.54, 1.807) is 18.6 Å². The first-order chi connectivity index (χ1) is 7.40. The molecule has 0 spiro atoms. The molecule has 0 amide bonds. The van der Waals surface area contributed by atoms with Gasteiger partial charge in [0.2, 0.25) is 0 Å². The maximum absolute atomic E-state index is 9.26. The Morgan fingerprint density at radius 1 is 1.40 bits per heavy atom. The summed E-state index contributed by atoms with van der Waals surface area (Å²) in [5.74, 6) is 0. The van der Waals surface area contributed by atoms with Gasteiger partial charge in [-0.3, -0.25) is 14.9 Å². The van der Waals surface area contributed by atoms with Crippen molar-refractivity contribution in [3.05, 3.63) is 24.3 Å². The Kier molecular flexibility index (Phi) is 3.64. The summed E-state index contributed by atoms with van der Waals surface area (Å²) in [6.45, 7) is 2.11.